The molecular formula is C25H17Cl2N3O2. The van der Waals surface area contributed by atoms with Crippen LogP contribution >= 0.6 is 23.2 Å². The summed E-state index contributed by atoms with van der Waals surface area (Å²) in [5.41, 5.74) is 4.52. The van der Waals surface area contributed by atoms with Crippen LogP contribution in [0, 0.1) is 0 Å². The predicted molar refractivity (Wildman–Crippen MR) is 126 cm³/mol. The van der Waals surface area contributed by atoms with Crippen molar-refractivity contribution in [3.05, 3.63) is 117 Å². The lowest BCUT2D eigenvalue weighted by Crippen LogP contribution is -2.10. The number of hydrogen-bond acceptors (Lipinski definition) is 3. The molecule has 1 aromatic heterocycles. The molecule has 0 aliphatic carbocycles. The average Bonchev–Trinajstić information content (AvgIpc) is 3.05. The van der Waals surface area contributed by atoms with Gasteiger partial charge in [-0.3, -0.25) is 9.56 Å². The maximum atomic E-state index is 12.1. The SMILES string of the molecule is O=C(O)c1nc(Cc2ccccc2)n2c1CN=C(c1ccccc1Cl)c1cc(Cl)ccc1-2. The molecule has 1 N–H and O–H groups in total. The van der Waals surface area contributed by atoms with Crippen LogP contribution in [0.1, 0.15) is 38.7 Å². The van der Waals surface area contributed by atoms with Gasteiger partial charge in [-0.1, -0.05) is 71.7 Å². The van der Waals surface area contributed by atoms with E-state index in [-0.39, 0.29) is 12.2 Å². The Bertz CT molecular complexity index is 1380. The Morgan fingerprint density at radius 2 is 1.72 bits per heavy atom. The van der Waals surface area contributed by atoms with Crippen molar-refractivity contribution in [2.75, 3.05) is 0 Å². The summed E-state index contributed by atoms with van der Waals surface area (Å²) >= 11 is 12.9. The maximum absolute atomic E-state index is 12.1. The zero-order valence-corrected chi connectivity index (χ0v) is 18.3. The lowest BCUT2D eigenvalue weighted by atomic mass is 10.00. The van der Waals surface area contributed by atoms with E-state index >= 15 is 0 Å². The number of aromatic carboxylic acids is 1. The van der Waals surface area contributed by atoms with Gasteiger partial charge >= 0.3 is 5.97 Å². The molecule has 158 valence electrons. The summed E-state index contributed by atoms with van der Waals surface area (Å²) in [7, 11) is 0. The summed E-state index contributed by atoms with van der Waals surface area (Å²) in [6, 6.07) is 22.8. The first-order valence-corrected chi connectivity index (χ1v) is 10.8. The number of carbonyl (C=O) groups is 1. The fourth-order valence-electron chi connectivity index (χ4n) is 4.02. The van der Waals surface area contributed by atoms with Crippen molar-refractivity contribution in [1.82, 2.24) is 9.55 Å². The molecule has 4 aromatic rings. The van der Waals surface area contributed by atoms with Gasteiger partial charge in [0.25, 0.3) is 0 Å². The molecule has 3 aromatic carbocycles. The van der Waals surface area contributed by atoms with Gasteiger partial charge < -0.3 is 5.11 Å². The average molecular weight is 462 g/mol. The standard InChI is InChI=1S/C25H17Cl2N3O2/c26-16-10-11-20-18(13-16)23(17-8-4-5-9-19(17)27)28-14-21-24(25(31)32)29-22(30(20)21)12-15-6-2-1-3-7-15/h1-11,13H,12,14H2,(H,31,32). The van der Waals surface area contributed by atoms with Crippen LogP contribution in [0.25, 0.3) is 5.69 Å². The van der Waals surface area contributed by atoms with Gasteiger partial charge in [-0.05, 0) is 29.8 Å². The van der Waals surface area contributed by atoms with Gasteiger partial charge in [0.1, 0.15) is 5.82 Å². The molecule has 5 rings (SSSR count). The van der Waals surface area contributed by atoms with Crippen LogP contribution in [0.3, 0.4) is 0 Å². The summed E-state index contributed by atoms with van der Waals surface area (Å²) in [5.74, 6) is -0.456. The van der Waals surface area contributed by atoms with Crippen LogP contribution in [0.15, 0.2) is 77.8 Å². The molecule has 7 heteroatoms. The van der Waals surface area contributed by atoms with E-state index in [0.717, 1.165) is 22.4 Å². The normalized spacial score (nSPS) is 12.5. The minimum atomic E-state index is -1.08. The highest BCUT2D eigenvalue weighted by atomic mass is 35.5. The number of halogens is 2. The summed E-state index contributed by atoms with van der Waals surface area (Å²) in [6.45, 7) is 0.149. The minimum Gasteiger partial charge on any atom is -0.476 e. The minimum absolute atomic E-state index is 0.000916. The summed E-state index contributed by atoms with van der Waals surface area (Å²) in [5, 5.41) is 11.0. The highest BCUT2D eigenvalue weighted by molar-refractivity contribution is 6.36. The smallest absolute Gasteiger partial charge is 0.356 e. The summed E-state index contributed by atoms with van der Waals surface area (Å²) in [4.78, 5) is 21.3. The molecule has 0 unspecified atom stereocenters. The second-order valence-corrected chi connectivity index (χ2v) is 8.28. The largest absolute Gasteiger partial charge is 0.476 e. The summed E-state index contributed by atoms with van der Waals surface area (Å²) < 4.78 is 1.90. The van der Waals surface area contributed by atoms with Crippen LogP contribution < -0.4 is 0 Å². The molecule has 1 aliphatic rings. The lowest BCUT2D eigenvalue weighted by Gasteiger charge is -2.15. The number of benzene rings is 3. The number of carboxylic acids is 1. The van der Waals surface area contributed by atoms with Gasteiger partial charge in [-0.2, -0.15) is 0 Å². The first-order chi connectivity index (χ1) is 15.5. The van der Waals surface area contributed by atoms with Gasteiger partial charge in [-0.15, -0.1) is 0 Å². The van der Waals surface area contributed by atoms with Crippen LogP contribution in [-0.2, 0) is 13.0 Å². The van der Waals surface area contributed by atoms with E-state index in [1.807, 2.05) is 65.2 Å². The van der Waals surface area contributed by atoms with Crippen LogP contribution in [0.2, 0.25) is 10.0 Å². The molecule has 0 bridgehead atoms. The van der Waals surface area contributed by atoms with Gasteiger partial charge in [-0.25, -0.2) is 9.78 Å². The molecule has 0 saturated carbocycles. The number of carboxylic acid groups (broad SMARTS) is 1. The quantitative estimate of drug-likeness (QED) is 0.416. The number of aromatic nitrogens is 2. The zero-order chi connectivity index (χ0) is 22.2. The van der Waals surface area contributed by atoms with Gasteiger partial charge in [0, 0.05) is 27.6 Å². The Balaban J connectivity index is 1.77. The molecule has 0 spiro atoms. The monoisotopic (exact) mass is 461 g/mol. The molecule has 0 radical (unpaired) electrons. The fraction of sp³-hybridized carbons (Fsp3) is 0.0800. The number of imidazole rings is 1. The molecule has 32 heavy (non-hydrogen) atoms. The molecule has 5 nitrogen and oxygen atoms in total. The Labute approximate surface area is 194 Å². The highest BCUT2D eigenvalue weighted by Gasteiger charge is 2.28. The van der Waals surface area contributed by atoms with E-state index in [1.165, 1.54) is 0 Å². The van der Waals surface area contributed by atoms with Crippen molar-refractivity contribution in [3.8, 4) is 5.69 Å². The first kappa shape index (κ1) is 20.5. The van der Waals surface area contributed by atoms with Gasteiger partial charge in [0.05, 0.1) is 23.6 Å². The van der Waals surface area contributed by atoms with Crippen molar-refractivity contribution < 1.29 is 9.90 Å². The molecule has 0 amide bonds. The van der Waals surface area contributed by atoms with E-state index in [0.29, 0.717) is 33.7 Å². The lowest BCUT2D eigenvalue weighted by molar-refractivity contribution is 0.0689. The molecule has 2 heterocycles. The summed E-state index contributed by atoms with van der Waals surface area (Å²) in [6.07, 6.45) is 0.477. The number of rotatable bonds is 4. The Morgan fingerprint density at radius 1 is 0.969 bits per heavy atom. The van der Waals surface area contributed by atoms with Gasteiger partial charge in [0.2, 0.25) is 0 Å². The van der Waals surface area contributed by atoms with E-state index < -0.39 is 5.97 Å². The van der Waals surface area contributed by atoms with Crippen molar-refractivity contribution in [2.45, 2.75) is 13.0 Å². The van der Waals surface area contributed by atoms with Crippen molar-refractivity contribution >= 4 is 34.9 Å². The van der Waals surface area contributed by atoms with E-state index in [9.17, 15) is 9.90 Å². The molecular weight excluding hydrogens is 445 g/mol. The second kappa shape index (κ2) is 8.26. The van der Waals surface area contributed by atoms with E-state index in [1.54, 1.807) is 12.1 Å². The molecule has 0 saturated heterocycles. The first-order valence-electron chi connectivity index (χ1n) is 10.0. The maximum Gasteiger partial charge on any atom is 0.356 e. The zero-order valence-electron chi connectivity index (χ0n) is 16.8. The molecule has 1 aliphatic heterocycles. The van der Waals surface area contributed by atoms with Crippen molar-refractivity contribution in [3.63, 3.8) is 0 Å². The van der Waals surface area contributed by atoms with Crippen molar-refractivity contribution in [2.24, 2.45) is 4.99 Å². The van der Waals surface area contributed by atoms with Crippen LogP contribution in [-0.4, -0.2) is 26.3 Å². The third-order valence-electron chi connectivity index (χ3n) is 5.42. The topological polar surface area (TPSA) is 67.5 Å². The molecule has 0 atom stereocenters. The second-order valence-electron chi connectivity index (χ2n) is 7.43. The predicted octanol–water partition coefficient (Wildman–Crippen LogP) is 5.82. The Hall–Kier alpha value is -3.41. The fourth-order valence-corrected chi connectivity index (χ4v) is 4.42. The van der Waals surface area contributed by atoms with Crippen molar-refractivity contribution in [1.29, 1.82) is 0 Å². The van der Waals surface area contributed by atoms with E-state index in [4.69, 9.17) is 28.2 Å². The van der Waals surface area contributed by atoms with Crippen LogP contribution in [0.4, 0.5) is 0 Å². The third kappa shape index (κ3) is 3.60. The Kier molecular flexibility index (Phi) is 5.29. The number of fused-ring (bicyclic) bond motifs is 3. The highest BCUT2D eigenvalue weighted by Crippen LogP contribution is 2.32. The van der Waals surface area contributed by atoms with Gasteiger partial charge in [0.15, 0.2) is 5.69 Å². The van der Waals surface area contributed by atoms with E-state index in [2.05, 4.69) is 4.98 Å². The van der Waals surface area contributed by atoms with Crippen LogP contribution in [0.5, 0.6) is 0 Å². The number of hydrogen-bond donors (Lipinski definition) is 1. The third-order valence-corrected chi connectivity index (χ3v) is 5.99. The Morgan fingerprint density at radius 3 is 2.47 bits per heavy atom. The number of aliphatic imine (C=N–C) groups is 1. The molecule has 0 fully saturated rings. The number of nitrogens with zero attached hydrogens (tertiary/aromatic N) is 3.